The van der Waals surface area contributed by atoms with Crippen LogP contribution in [0.25, 0.3) is 0 Å². The van der Waals surface area contributed by atoms with E-state index in [1.807, 2.05) is 6.92 Å². The predicted molar refractivity (Wildman–Crippen MR) is 50.9 cm³/mol. The van der Waals surface area contributed by atoms with Crippen LogP contribution in [0, 0.1) is 6.92 Å². The molecule has 0 bridgehead atoms. The maximum atomic E-state index is 5.66. The Hall–Kier alpha value is -1.49. The van der Waals surface area contributed by atoms with Crippen LogP contribution < -0.4 is 0 Å². The third kappa shape index (κ3) is 1.88. The average Bonchev–Trinajstić information content (AvgIpc) is 2.52. The Bertz CT molecular complexity index is 439. The molecule has 0 fully saturated rings. The van der Waals surface area contributed by atoms with E-state index in [9.17, 15) is 0 Å². The minimum Gasteiger partial charge on any atom is -0.244 e. The minimum atomic E-state index is 0.250. The molecule has 0 spiro atoms. The molecular formula is C8H8ClN5. The normalized spacial score (nSPS) is 10.4. The minimum absolute atomic E-state index is 0.250. The highest BCUT2D eigenvalue weighted by Crippen LogP contribution is 2.03. The number of halogens is 1. The molecule has 0 aromatic carbocycles. The van der Waals surface area contributed by atoms with Crippen molar-refractivity contribution in [3.05, 3.63) is 35.4 Å². The van der Waals surface area contributed by atoms with Gasteiger partial charge in [-0.2, -0.15) is 5.10 Å². The van der Waals surface area contributed by atoms with Gasteiger partial charge in [0.15, 0.2) is 0 Å². The Morgan fingerprint density at radius 1 is 1.43 bits per heavy atom. The highest BCUT2D eigenvalue weighted by Gasteiger charge is 2.01. The fraction of sp³-hybridized carbons (Fsp3) is 0.250. The van der Waals surface area contributed by atoms with Crippen LogP contribution in [0.5, 0.6) is 0 Å². The Morgan fingerprint density at radius 3 is 2.93 bits per heavy atom. The Labute approximate surface area is 85.8 Å². The van der Waals surface area contributed by atoms with Crippen molar-refractivity contribution in [3.63, 3.8) is 0 Å². The van der Waals surface area contributed by atoms with Crippen LogP contribution in [-0.2, 0) is 6.54 Å². The van der Waals surface area contributed by atoms with Crippen LogP contribution in [-0.4, -0.2) is 24.7 Å². The molecule has 2 rings (SSSR count). The Kier molecular flexibility index (Phi) is 2.41. The monoisotopic (exact) mass is 209 g/mol. The summed E-state index contributed by atoms with van der Waals surface area (Å²) >= 11 is 5.66. The number of hydrogen-bond donors (Lipinski definition) is 0. The van der Waals surface area contributed by atoms with Gasteiger partial charge in [0.1, 0.15) is 12.2 Å². The van der Waals surface area contributed by atoms with Gasteiger partial charge in [0.25, 0.3) is 0 Å². The van der Waals surface area contributed by atoms with Crippen molar-refractivity contribution in [2.45, 2.75) is 13.5 Å². The summed E-state index contributed by atoms with van der Waals surface area (Å²) in [5, 5.41) is 4.29. The third-order valence-corrected chi connectivity index (χ3v) is 1.99. The van der Waals surface area contributed by atoms with E-state index in [0.29, 0.717) is 6.54 Å². The quantitative estimate of drug-likeness (QED) is 0.695. The van der Waals surface area contributed by atoms with E-state index in [1.54, 1.807) is 16.9 Å². The summed E-state index contributed by atoms with van der Waals surface area (Å²) in [6.07, 6.45) is 3.13. The molecule has 0 aliphatic heterocycles. The SMILES string of the molecule is Cc1ncnn1Cc1ccnc(Cl)n1. The van der Waals surface area contributed by atoms with Crippen molar-refractivity contribution in [2.24, 2.45) is 0 Å². The molecule has 0 aliphatic carbocycles. The first-order valence-electron chi connectivity index (χ1n) is 4.07. The van der Waals surface area contributed by atoms with E-state index >= 15 is 0 Å². The summed E-state index contributed by atoms with van der Waals surface area (Å²) in [7, 11) is 0. The topological polar surface area (TPSA) is 56.5 Å². The molecule has 0 amide bonds. The van der Waals surface area contributed by atoms with Gasteiger partial charge in [-0.3, -0.25) is 0 Å². The van der Waals surface area contributed by atoms with Crippen molar-refractivity contribution in [2.75, 3.05) is 0 Å². The second-order valence-electron chi connectivity index (χ2n) is 2.78. The number of aryl methyl sites for hydroxylation is 1. The van der Waals surface area contributed by atoms with Gasteiger partial charge >= 0.3 is 0 Å². The highest BCUT2D eigenvalue weighted by atomic mass is 35.5. The van der Waals surface area contributed by atoms with Crippen LogP contribution >= 0.6 is 11.6 Å². The molecule has 72 valence electrons. The predicted octanol–water partition coefficient (Wildman–Crippen LogP) is 1.08. The summed E-state index contributed by atoms with van der Waals surface area (Å²) in [4.78, 5) is 11.9. The van der Waals surface area contributed by atoms with Gasteiger partial charge in [0.05, 0.1) is 12.2 Å². The van der Waals surface area contributed by atoms with Crippen LogP contribution in [0.4, 0.5) is 0 Å². The average molecular weight is 210 g/mol. The smallest absolute Gasteiger partial charge is 0.222 e. The molecular weight excluding hydrogens is 202 g/mol. The zero-order chi connectivity index (χ0) is 9.97. The first-order chi connectivity index (χ1) is 6.75. The summed E-state index contributed by atoms with van der Waals surface area (Å²) in [5.41, 5.74) is 0.818. The molecule has 6 heteroatoms. The van der Waals surface area contributed by atoms with Gasteiger partial charge in [-0.15, -0.1) is 0 Å². The van der Waals surface area contributed by atoms with E-state index in [4.69, 9.17) is 11.6 Å². The van der Waals surface area contributed by atoms with Gasteiger partial charge in [-0.05, 0) is 24.6 Å². The summed E-state index contributed by atoms with van der Waals surface area (Å²) in [6.45, 7) is 2.45. The maximum absolute atomic E-state index is 5.66. The summed E-state index contributed by atoms with van der Waals surface area (Å²) < 4.78 is 1.75. The molecule has 0 unspecified atom stereocenters. The molecule has 2 heterocycles. The van der Waals surface area contributed by atoms with E-state index in [-0.39, 0.29) is 5.28 Å². The summed E-state index contributed by atoms with van der Waals surface area (Å²) in [6, 6.07) is 1.80. The number of rotatable bonds is 2. The maximum Gasteiger partial charge on any atom is 0.222 e. The molecule has 5 nitrogen and oxygen atoms in total. The van der Waals surface area contributed by atoms with Crippen LogP contribution in [0.1, 0.15) is 11.5 Å². The first-order valence-corrected chi connectivity index (χ1v) is 4.45. The van der Waals surface area contributed by atoms with Crippen LogP contribution in [0.15, 0.2) is 18.6 Å². The lowest BCUT2D eigenvalue weighted by Crippen LogP contribution is -2.05. The summed E-state index contributed by atoms with van der Waals surface area (Å²) in [5.74, 6) is 0.847. The van der Waals surface area contributed by atoms with Crippen molar-refractivity contribution in [1.82, 2.24) is 24.7 Å². The molecule has 0 radical (unpaired) electrons. The van der Waals surface area contributed by atoms with Gasteiger partial charge in [0, 0.05) is 6.20 Å². The van der Waals surface area contributed by atoms with Crippen molar-refractivity contribution in [1.29, 1.82) is 0 Å². The first kappa shape index (κ1) is 9.08. The largest absolute Gasteiger partial charge is 0.244 e. The van der Waals surface area contributed by atoms with Crippen LogP contribution in [0.2, 0.25) is 5.28 Å². The fourth-order valence-electron chi connectivity index (χ4n) is 1.09. The Balaban J connectivity index is 2.23. The van der Waals surface area contributed by atoms with Crippen molar-refractivity contribution in [3.8, 4) is 0 Å². The zero-order valence-electron chi connectivity index (χ0n) is 7.55. The number of hydrogen-bond acceptors (Lipinski definition) is 4. The molecule has 2 aromatic rings. The molecule has 0 atom stereocenters. The second kappa shape index (κ2) is 3.71. The number of nitrogens with zero attached hydrogens (tertiary/aromatic N) is 5. The fourth-order valence-corrected chi connectivity index (χ4v) is 1.25. The lowest BCUT2D eigenvalue weighted by atomic mass is 10.4. The van der Waals surface area contributed by atoms with E-state index in [2.05, 4.69) is 20.1 Å². The van der Waals surface area contributed by atoms with Crippen molar-refractivity contribution < 1.29 is 0 Å². The molecule has 0 aliphatic rings. The molecule has 0 saturated heterocycles. The standard InChI is InChI=1S/C8H8ClN5/c1-6-11-5-12-14(6)4-7-2-3-10-8(9)13-7/h2-3,5H,4H2,1H3. The molecule has 14 heavy (non-hydrogen) atoms. The van der Waals surface area contributed by atoms with E-state index < -0.39 is 0 Å². The zero-order valence-corrected chi connectivity index (χ0v) is 8.31. The molecule has 2 aromatic heterocycles. The third-order valence-electron chi connectivity index (χ3n) is 1.80. The number of aromatic nitrogens is 5. The lowest BCUT2D eigenvalue weighted by Gasteiger charge is -2.01. The molecule has 0 N–H and O–H groups in total. The Morgan fingerprint density at radius 2 is 2.29 bits per heavy atom. The van der Waals surface area contributed by atoms with Crippen molar-refractivity contribution >= 4 is 11.6 Å². The molecule has 0 saturated carbocycles. The van der Waals surface area contributed by atoms with Gasteiger partial charge in [-0.25, -0.2) is 19.6 Å². The van der Waals surface area contributed by atoms with E-state index in [0.717, 1.165) is 11.5 Å². The van der Waals surface area contributed by atoms with Crippen LogP contribution in [0.3, 0.4) is 0 Å². The van der Waals surface area contributed by atoms with Gasteiger partial charge in [0.2, 0.25) is 5.28 Å². The lowest BCUT2D eigenvalue weighted by molar-refractivity contribution is 0.647. The van der Waals surface area contributed by atoms with Gasteiger partial charge in [-0.1, -0.05) is 0 Å². The highest BCUT2D eigenvalue weighted by molar-refractivity contribution is 6.28. The van der Waals surface area contributed by atoms with E-state index in [1.165, 1.54) is 6.33 Å². The second-order valence-corrected chi connectivity index (χ2v) is 3.12. The van der Waals surface area contributed by atoms with Gasteiger partial charge < -0.3 is 0 Å².